The predicted molar refractivity (Wildman–Crippen MR) is 187 cm³/mol. The molecule has 10 rings (SSSR count). The number of rotatable bonds is 3. The van der Waals surface area contributed by atoms with Gasteiger partial charge in [-0.25, -0.2) is 9.97 Å². The van der Waals surface area contributed by atoms with Gasteiger partial charge in [0.05, 0.1) is 27.9 Å². The van der Waals surface area contributed by atoms with E-state index in [0.717, 1.165) is 39.2 Å². The third-order valence-electron chi connectivity index (χ3n) is 9.33. The van der Waals surface area contributed by atoms with E-state index in [1.807, 2.05) is 24.3 Å². The van der Waals surface area contributed by atoms with Crippen molar-refractivity contribution in [3.63, 3.8) is 0 Å². The summed E-state index contributed by atoms with van der Waals surface area (Å²) in [5.41, 5.74) is 12.4. The average molecular weight is 572 g/mol. The first-order chi connectivity index (χ1) is 22.3. The number of hydrogen-bond donors (Lipinski definition) is 0. The van der Waals surface area contributed by atoms with Crippen LogP contribution in [-0.2, 0) is 0 Å². The van der Waals surface area contributed by atoms with E-state index in [4.69, 9.17) is 9.97 Å². The van der Waals surface area contributed by atoms with Crippen molar-refractivity contribution in [3.05, 3.63) is 152 Å². The molecule has 3 nitrogen and oxygen atoms in total. The van der Waals surface area contributed by atoms with Gasteiger partial charge < -0.3 is 4.57 Å². The van der Waals surface area contributed by atoms with Crippen LogP contribution in [0.15, 0.2) is 152 Å². The Kier molecular flexibility index (Phi) is 5.00. The van der Waals surface area contributed by atoms with Gasteiger partial charge in [-0.05, 0) is 51.2 Å². The highest BCUT2D eigenvalue weighted by Gasteiger charge is 2.25. The Morgan fingerprint density at radius 1 is 0.400 bits per heavy atom. The van der Waals surface area contributed by atoms with Crippen LogP contribution in [-0.4, -0.2) is 14.5 Å². The Hall–Kier alpha value is -6.06. The maximum atomic E-state index is 5.32. The molecule has 0 saturated heterocycles. The average Bonchev–Trinajstić information content (AvgIpc) is 3.39. The van der Waals surface area contributed by atoms with E-state index < -0.39 is 0 Å². The van der Waals surface area contributed by atoms with Gasteiger partial charge in [-0.2, -0.15) is 0 Å². The van der Waals surface area contributed by atoms with E-state index >= 15 is 0 Å². The van der Waals surface area contributed by atoms with E-state index in [1.165, 1.54) is 54.8 Å². The highest BCUT2D eigenvalue weighted by molar-refractivity contribution is 6.30. The van der Waals surface area contributed by atoms with Crippen molar-refractivity contribution in [2.75, 3.05) is 0 Å². The second-order valence-electron chi connectivity index (χ2n) is 11.7. The third-order valence-corrected chi connectivity index (χ3v) is 9.33. The number of para-hydroxylation sites is 1. The van der Waals surface area contributed by atoms with Crippen LogP contribution >= 0.6 is 0 Å². The summed E-state index contributed by atoms with van der Waals surface area (Å²) >= 11 is 0. The van der Waals surface area contributed by atoms with E-state index in [2.05, 4.69) is 132 Å². The number of hydrogen-bond acceptors (Lipinski definition) is 2. The molecule has 0 bridgehead atoms. The van der Waals surface area contributed by atoms with E-state index in [1.54, 1.807) is 0 Å². The van der Waals surface area contributed by atoms with Crippen molar-refractivity contribution >= 4 is 43.5 Å². The Balaban J connectivity index is 1.39. The summed E-state index contributed by atoms with van der Waals surface area (Å²) in [7, 11) is 0. The minimum atomic E-state index is 0.721. The van der Waals surface area contributed by atoms with Gasteiger partial charge in [0, 0.05) is 27.3 Å². The fourth-order valence-electron chi connectivity index (χ4n) is 7.44. The lowest BCUT2D eigenvalue weighted by Crippen LogP contribution is -2.01. The lowest BCUT2D eigenvalue weighted by molar-refractivity contribution is 1.16. The van der Waals surface area contributed by atoms with Gasteiger partial charge in [-0.1, -0.05) is 133 Å². The zero-order valence-corrected chi connectivity index (χ0v) is 24.3. The second-order valence-corrected chi connectivity index (χ2v) is 11.7. The van der Waals surface area contributed by atoms with Crippen LogP contribution in [0.2, 0.25) is 0 Å². The Labute approximate surface area is 259 Å². The van der Waals surface area contributed by atoms with Crippen molar-refractivity contribution in [3.8, 4) is 50.6 Å². The summed E-state index contributed by atoms with van der Waals surface area (Å²) < 4.78 is 2.43. The van der Waals surface area contributed by atoms with E-state index in [-0.39, 0.29) is 0 Å². The highest BCUT2D eigenvalue weighted by Crippen LogP contribution is 2.49. The number of aromatic nitrogens is 3. The standard InChI is InChI=1S/C42H25N3/c1-3-12-27(13-4-1)40-33-21-11-23-36(41(33)44-42(43-40)28-14-5-2-6-15-28)45-34-22-10-20-32-30-18-8-7-17-29(30)31-19-9-16-26-24-25-35(45)39(37(26)31)38(32)34/h1-25H. The molecule has 0 unspecified atom stereocenters. The molecule has 7 aromatic carbocycles. The maximum absolute atomic E-state index is 5.32. The molecule has 0 spiro atoms. The molecule has 0 N–H and O–H groups in total. The van der Waals surface area contributed by atoms with Crippen LogP contribution in [0.4, 0.5) is 0 Å². The van der Waals surface area contributed by atoms with Gasteiger partial charge in [0.1, 0.15) is 0 Å². The van der Waals surface area contributed by atoms with Crippen LogP contribution in [0.1, 0.15) is 0 Å². The van der Waals surface area contributed by atoms with Gasteiger partial charge >= 0.3 is 0 Å². The molecule has 3 heteroatoms. The van der Waals surface area contributed by atoms with Crippen LogP contribution in [0.5, 0.6) is 0 Å². The van der Waals surface area contributed by atoms with Crippen molar-refractivity contribution in [2.45, 2.75) is 0 Å². The fraction of sp³-hybridized carbons (Fsp3) is 0. The molecule has 208 valence electrons. The van der Waals surface area contributed by atoms with E-state index in [9.17, 15) is 0 Å². The number of benzene rings is 7. The molecule has 1 aliphatic carbocycles. The van der Waals surface area contributed by atoms with Gasteiger partial charge in [-0.3, -0.25) is 0 Å². The number of nitrogens with zero attached hydrogens (tertiary/aromatic N) is 3. The third kappa shape index (κ3) is 3.41. The SMILES string of the molecule is c1ccc(-c2nc(-c3ccccc3)c3cccc(-n4c5cccc6c5c5c7c(cccc7ccc54)-c4ccccc4-6)c3n2)cc1. The van der Waals surface area contributed by atoms with Gasteiger partial charge in [-0.15, -0.1) is 0 Å². The lowest BCUT2D eigenvalue weighted by atomic mass is 9.93. The first-order valence-corrected chi connectivity index (χ1v) is 15.4. The summed E-state index contributed by atoms with van der Waals surface area (Å²) in [6, 6.07) is 54.1. The molecule has 9 aromatic rings. The van der Waals surface area contributed by atoms with Gasteiger partial charge in [0.25, 0.3) is 0 Å². The van der Waals surface area contributed by atoms with Crippen LogP contribution in [0.3, 0.4) is 0 Å². The Morgan fingerprint density at radius 3 is 1.80 bits per heavy atom. The molecule has 0 atom stereocenters. The van der Waals surface area contributed by atoms with Crippen molar-refractivity contribution in [1.29, 1.82) is 0 Å². The molecular formula is C42H25N3. The molecule has 2 heterocycles. The Bertz CT molecular complexity index is 2630. The van der Waals surface area contributed by atoms with Crippen molar-refractivity contribution < 1.29 is 0 Å². The molecule has 0 radical (unpaired) electrons. The minimum absolute atomic E-state index is 0.721. The summed E-state index contributed by atoms with van der Waals surface area (Å²) in [5.74, 6) is 0.721. The summed E-state index contributed by atoms with van der Waals surface area (Å²) in [5, 5.41) is 6.17. The molecule has 2 aromatic heterocycles. The van der Waals surface area contributed by atoms with E-state index in [0.29, 0.717) is 0 Å². The first-order valence-electron chi connectivity index (χ1n) is 15.4. The minimum Gasteiger partial charge on any atom is -0.307 e. The summed E-state index contributed by atoms with van der Waals surface area (Å²) in [6.07, 6.45) is 0. The molecule has 0 fully saturated rings. The molecule has 45 heavy (non-hydrogen) atoms. The summed E-state index contributed by atoms with van der Waals surface area (Å²) in [4.78, 5) is 10.5. The summed E-state index contributed by atoms with van der Waals surface area (Å²) in [6.45, 7) is 0. The largest absolute Gasteiger partial charge is 0.307 e. The zero-order chi connectivity index (χ0) is 29.5. The first kappa shape index (κ1) is 24.4. The van der Waals surface area contributed by atoms with Gasteiger partial charge in [0.2, 0.25) is 0 Å². The zero-order valence-electron chi connectivity index (χ0n) is 24.3. The maximum Gasteiger partial charge on any atom is 0.160 e. The second kappa shape index (κ2) is 9.22. The normalized spacial score (nSPS) is 12.0. The van der Waals surface area contributed by atoms with Crippen molar-refractivity contribution in [2.24, 2.45) is 0 Å². The Morgan fingerprint density at radius 2 is 1.02 bits per heavy atom. The molecule has 0 aliphatic heterocycles. The molecule has 0 amide bonds. The quantitative estimate of drug-likeness (QED) is 0.211. The smallest absolute Gasteiger partial charge is 0.160 e. The van der Waals surface area contributed by atoms with Crippen LogP contribution < -0.4 is 0 Å². The van der Waals surface area contributed by atoms with Crippen LogP contribution in [0, 0.1) is 0 Å². The highest BCUT2D eigenvalue weighted by atomic mass is 15.0. The predicted octanol–water partition coefficient (Wildman–Crippen LogP) is 10.9. The van der Waals surface area contributed by atoms with Gasteiger partial charge in [0.15, 0.2) is 5.82 Å². The fourth-order valence-corrected chi connectivity index (χ4v) is 7.44. The lowest BCUT2D eigenvalue weighted by Gasteiger charge is -2.16. The molecule has 0 saturated carbocycles. The van der Waals surface area contributed by atoms with Crippen LogP contribution in [0.25, 0.3) is 94.1 Å². The topological polar surface area (TPSA) is 30.7 Å². The molecule has 1 aliphatic rings. The van der Waals surface area contributed by atoms with Crippen molar-refractivity contribution in [1.82, 2.24) is 14.5 Å². The monoisotopic (exact) mass is 571 g/mol. The molecular weight excluding hydrogens is 546 g/mol. The number of fused-ring (bicyclic) bond motifs is 4.